The Bertz CT molecular complexity index is 446. The van der Waals surface area contributed by atoms with Gasteiger partial charge in [0.2, 0.25) is 6.54 Å². The van der Waals surface area contributed by atoms with Crippen molar-refractivity contribution in [2.75, 3.05) is 6.54 Å². The van der Waals surface area contributed by atoms with E-state index in [4.69, 9.17) is 5.73 Å². The third kappa shape index (κ3) is 4.13. The monoisotopic (exact) mass is 241 g/mol. The van der Waals surface area contributed by atoms with Crippen molar-refractivity contribution < 1.29 is 15.0 Å². The van der Waals surface area contributed by atoms with Gasteiger partial charge in [0.15, 0.2) is 5.72 Å². The van der Waals surface area contributed by atoms with Crippen LogP contribution in [-0.4, -0.2) is 27.2 Å². The van der Waals surface area contributed by atoms with Gasteiger partial charge in [-0.15, -0.1) is 0 Å². The van der Waals surface area contributed by atoms with Crippen molar-refractivity contribution in [3.05, 3.63) is 50.1 Å². The fraction of sp³-hybridized carbons (Fsp3) is 0.333. The second-order valence-electron chi connectivity index (χ2n) is 3.70. The van der Waals surface area contributed by atoms with Crippen LogP contribution in [-0.2, 0) is 6.42 Å². The predicted molar refractivity (Wildman–Crippen MR) is 57.8 cm³/mol. The first-order chi connectivity index (χ1) is 7.80. The molecule has 1 aromatic rings. The molecule has 17 heavy (non-hydrogen) atoms. The molecule has 0 saturated carbocycles. The molecule has 0 radical (unpaired) electrons. The second-order valence-corrected chi connectivity index (χ2v) is 3.70. The third-order valence-electron chi connectivity index (χ3n) is 2.03. The van der Waals surface area contributed by atoms with E-state index < -0.39 is 22.1 Å². The summed E-state index contributed by atoms with van der Waals surface area (Å²) in [6.07, 6.45) is -0.227. The maximum Gasteiger partial charge on any atom is 0.269 e. The summed E-state index contributed by atoms with van der Waals surface area (Å²) in [5.74, 6) is 0. The minimum Gasteiger partial charge on any atom is -0.370 e. The molecule has 3 N–H and O–H groups in total. The van der Waals surface area contributed by atoms with Crippen LogP contribution in [0.25, 0.3) is 0 Å². The number of benzene rings is 1. The highest BCUT2D eigenvalue weighted by molar-refractivity contribution is 5.34. The van der Waals surface area contributed by atoms with E-state index in [1.54, 1.807) is 0 Å². The molecule has 92 valence electrons. The van der Waals surface area contributed by atoms with Crippen LogP contribution in [0.1, 0.15) is 5.56 Å². The highest BCUT2D eigenvalue weighted by Crippen LogP contribution is 2.16. The smallest absolute Gasteiger partial charge is 0.269 e. The number of rotatable bonds is 5. The number of nitrogens with two attached hydrogens (primary N) is 1. The van der Waals surface area contributed by atoms with Crippen LogP contribution in [0.2, 0.25) is 0 Å². The number of nitro benzene ring substituents is 1. The number of non-ortho nitro benzene ring substituents is 1. The van der Waals surface area contributed by atoms with E-state index >= 15 is 0 Å². The first-order valence-corrected chi connectivity index (χ1v) is 4.66. The predicted octanol–water partition coefficient (Wildman–Crippen LogP) is 0.0613. The van der Waals surface area contributed by atoms with Gasteiger partial charge in [-0.1, -0.05) is 12.1 Å². The maximum absolute atomic E-state index is 10.5. The van der Waals surface area contributed by atoms with Gasteiger partial charge in [-0.05, 0) is 5.56 Å². The molecule has 0 saturated heterocycles. The first-order valence-electron chi connectivity index (χ1n) is 4.66. The highest BCUT2D eigenvalue weighted by atomic mass is 16.6. The molecule has 0 aromatic heterocycles. The lowest BCUT2D eigenvalue weighted by Crippen LogP contribution is -2.48. The molecule has 0 heterocycles. The van der Waals surface area contributed by atoms with Crippen LogP contribution < -0.4 is 5.73 Å². The van der Waals surface area contributed by atoms with Crippen LogP contribution in [0.3, 0.4) is 0 Å². The van der Waals surface area contributed by atoms with Crippen molar-refractivity contribution in [3.63, 3.8) is 0 Å². The molecule has 1 rings (SSSR count). The number of nitro groups is 2. The number of hydrogen-bond acceptors (Lipinski definition) is 6. The molecule has 0 fully saturated rings. The molecule has 0 aliphatic carbocycles. The topological polar surface area (TPSA) is 133 Å². The molecular weight excluding hydrogens is 230 g/mol. The average Bonchev–Trinajstić information content (AvgIpc) is 2.14. The lowest BCUT2D eigenvalue weighted by Gasteiger charge is -2.17. The molecule has 8 heteroatoms. The van der Waals surface area contributed by atoms with Crippen LogP contribution in [0.15, 0.2) is 24.3 Å². The van der Waals surface area contributed by atoms with E-state index in [9.17, 15) is 25.3 Å². The molecule has 0 bridgehead atoms. The van der Waals surface area contributed by atoms with Crippen molar-refractivity contribution in [2.45, 2.75) is 12.1 Å². The van der Waals surface area contributed by atoms with Gasteiger partial charge in [0.05, 0.1) is 4.92 Å². The third-order valence-corrected chi connectivity index (χ3v) is 2.03. The maximum atomic E-state index is 10.5. The summed E-state index contributed by atoms with van der Waals surface area (Å²) in [4.78, 5) is 19.4. The van der Waals surface area contributed by atoms with E-state index in [-0.39, 0.29) is 12.1 Å². The van der Waals surface area contributed by atoms with Crippen molar-refractivity contribution >= 4 is 5.69 Å². The van der Waals surface area contributed by atoms with E-state index in [0.717, 1.165) is 0 Å². The van der Waals surface area contributed by atoms with E-state index in [2.05, 4.69) is 0 Å². The van der Waals surface area contributed by atoms with Crippen molar-refractivity contribution in [1.82, 2.24) is 0 Å². The Morgan fingerprint density at radius 1 is 1.35 bits per heavy atom. The molecule has 1 atom stereocenters. The molecule has 0 amide bonds. The van der Waals surface area contributed by atoms with Crippen LogP contribution in [0.5, 0.6) is 0 Å². The van der Waals surface area contributed by atoms with Crippen molar-refractivity contribution in [2.24, 2.45) is 5.73 Å². The summed E-state index contributed by atoms with van der Waals surface area (Å²) in [6.45, 7) is -0.824. The summed E-state index contributed by atoms with van der Waals surface area (Å²) in [5, 5.41) is 30.3. The van der Waals surface area contributed by atoms with Gasteiger partial charge < -0.3 is 5.11 Å². The molecule has 0 spiro atoms. The molecule has 1 aromatic carbocycles. The van der Waals surface area contributed by atoms with Gasteiger partial charge in [-0.3, -0.25) is 26.0 Å². The number of aliphatic hydroxyl groups is 1. The summed E-state index contributed by atoms with van der Waals surface area (Å²) < 4.78 is 0. The zero-order valence-electron chi connectivity index (χ0n) is 8.78. The van der Waals surface area contributed by atoms with E-state index in [0.29, 0.717) is 5.56 Å². The summed E-state index contributed by atoms with van der Waals surface area (Å²) in [5.41, 5.74) is 3.52. The normalized spacial score (nSPS) is 14.0. The minimum absolute atomic E-state index is 0.153. The SMILES string of the molecule is NC(O)(Cc1cccc([N+](=O)[O-])c1)C[N+](=O)[O-]. The zero-order chi connectivity index (χ0) is 13.1. The Labute approximate surface area is 96.0 Å². The van der Waals surface area contributed by atoms with Crippen LogP contribution in [0, 0.1) is 20.2 Å². The number of nitrogens with zero attached hydrogens (tertiary/aromatic N) is 2. The van der Waals surface area contributed by atoms with Gasteiger partial charge in [-0.25, -0.2) is 0 Å². The van der Waals surface area contributed by atoms with Crippen LogP contribution in [0.4, 0.5) is 5.69 Å². The Balaban J connectivity index is 2.84. The van der Waals surface area contributed by atoms with Gasteiger partial charge in [0.1, 0.15) is 0 Å². The largest absolute Gasteiger partial charge is 0.370 e. The minimum atomic E-state index is -2.02. The van der Waals surface area contributed by atoms with Crippen LogP contribution >= 0.6 is 0 Å². The zero-order valence-corrected chi connectivity index (χ0v) is 8.78. The Morgan fingerprint density at radius 3 is 2.53 bits per heavy atom. The lowest BCUT2D eigenvalue weighted by molar-refractivity contribution is -0.500. The molecule has 1 unspecified atom stereocenters. The van der Waals surface area contributed by atoms with Crippen molar-refractivity contribution in [1.29, 1.82) is 0 Å². The standard InChI is InChI=1S/C9H11N3O5/c10-9(13,6-11(14)15)5-7-2-1-3-8(4-7)12(16)17/h1-4,13H,5-6,10H2. The second kappa shape index (κ2) is 4.85. The average molecular weight is 241 g/mol. The first kappa shape index (κ1) is 13.0. The van der Waals surface area contributed by atoms with E-state index in [1.807, 2.05) is 0 Å². The quantitative estimate of drug-likeness (QED) is 0.425. The van der Waals surface area contributed by atoms with Gasteiger partial charge >= 0.3 is 0 Å². The molecular formula is C9H11N3O5. The van der Waals surface area contributed by atoms with Gasteiger partial charge in [0, 0.05) is 23.5 Å². The fourth-order valence-electron chi connectivity index (χ4n) is 1.41. The van der Waals surface area contributed by atoms with Gasteiger partial charge in [-0.2, -0.15) is 0 Å². The van der Waals surface area contributed by atoms with Gasteiger partial charge in [0.25, 0.3) is 5.69 Å². The van der Waals surface area contributed by atoms with Crippen molar-refractivity contribution in [3.8, 4) is 0 Å². The Morgan fingerprint density at radius 2 is 2.00 bits per heavy atom. The molecule has 0 aliphatic rings. The fourth-order valence-corrected chi connectivity index (χ4v) is 1.41. The van der Waals surface area contributed by atoms with E-state index in [1.165, 1.54) is 24.3 Å². The highest BCUT2D eigenvalue weighted by Gasteiger charge is 2.28. The summed E-state index contributed by atoms with van der Waals surface area (Å²) in [6, 6.07) is 5.44. The molecule has 0 aliphatic heterocycles. The lowest BCUT2D eigenvalue weighted by atomic mass is 10.0. The molecule has 8 nitrogen and oxygen atoms in total. The Kier molecular flexibility index (Phi) is 3.71. The number of hydrogen-bond donors (Lipinski definition) is 2. The summed E-state index contributed by atoms with van der Waals surface area (Å²) >= 11 is 0. The Hall–Kier alpha value is -2.06. The summed E-state index contributed by atoms with van der Waals surface area (Å²) in [7, 11) is 0.